The molecule has 0 amide bonds. The summed E-state index contributed by atoms with van der Waals surface area (Å²) in [6, 6.07) is 12.1. The molecule has 1 unspecified atom stereocenters. The minimum Gasteiger partial charge on any atom is -0.493 e. The summed E-state index contributed by atoms with van der Waals surface area (Å²) >= 11 is 0. The highest BCUT2D eigenvalue weighted by molar-refractivity contribution is 5.45. The molecular weight excluding hydrogens is 423 g/mol. The topological polar surface area (TPSA) is 68.5 Å². The predicted molar refractivity (Wildman–Crippen MR) is 123 cm³/mol. The van der Waals surface area contributed by atoms with Gasteiger partial charge < -0.3 is 9.47 Å². The van der Waals surface area contributed by atoms with E-state index in [1.54, 1.807) is 31.0 Å². The zero-order chi connectivity index (χ0) is 23.2. The molecule has 2 aromatic carbocycles. The fourth-order valence-corrected chi connectivity index (χ4v) is 4.22. The number of ether oxygens (including phenoxy) is 2. The van der Waals surface area contributed by atoms with Crippen LogP contribution in [0, 0.1) is 5.82 Å². The lowest BCUT2D eigenvalue weighted by atomic mass is 10.0. The molecule has 174 valence electrons. The van der Waals surface area contributed by atoms with Crippen LogP contribution in [0.3, 0.4) is 0 Å². The SMILES string of the molecule is C=CCN1CCN(C(c2ccc(OC)c(OC)c2)c2nnnn2Cc2ccc(F)cc2)CC1. The van der Waals surface area contributed by atoms with E-state index < -0.39 is 0 Å². The van der Waals surface area contributed by atoms with Crippen LogP contribution in [0.2, 0.25) is 0 Å². The average molecular weight is 453 g/mol. The number of rotatable bonds is 9. The van der Waals surface area contributed by atoms with Crippen LogP contribution in [-0.4, -0.2) is 77.0 Å². The summed E-state index contributed by atoms with van der Waals surface area (Å²) in [6.45, 7) is 8.74. The maximum absolute atomic E-state index is 13.4. The van der Waals surface area contributed by atoms with E-state index in [0.29, 0.717) is 18.0 Å². The number of methoxy groups -OCH3 is 2. The molecule has 0 spiro atoms. The Bertz CT molecular complexity index is 1060. The summed E-state index contributed by atoms with van der Waals surface area (Å²) in [4.78, 5) is 4.75. The lowest BCUT2D eigenvalue weighted by molar-refractivity contribution is 0.112. The maximum atomic E-state index is 13.4. The largest absolute Gasteiger partial charge is 0.493 e. The van der Waals surface area contributed by atoms with Crippen molar-refractivity contribution in [3.8, 4) is 11.5 Å². The van der Waals surface area contributed by atoms with Gasteiger partial charge in [0.05, 0.1) is 26.8 Å². The van der Waals surface area contributed by atoms with Gasteiger partial charge in [0.25, 0.3) is 0 Å². The molecule has 9 heteroatoms. The van der Waals surface area contributed by atoms with E-state index in [0.717, 1.165) is 49.7 Å². The molecule has 1 saturated heterocycles. The van der Waals surface area contributed by atoms with Crippen molar-refractivity contribution < 1.29 is 13.9 Å². The molecule has 3 aromatic rings. The van der Waals surface area contributed by atoms with E-state index in [1.165, 1.54) is 12.1 Å². The molecule has 0 bridgehead atoms. The molecule has 1 fully saturated rings. The van der Waals surface area contributed by atoms with Crippen LogP contribution in [0.5, 0.6) is 11.5 Å². The molecule has 0 N–H and O–H groups in total. The Balaban J connectivity index is 1.69. The summed E-state index contributed by atoms with van der Waals surface area (Å²) in [5, 5.41) is 12.7. The summed E-state index contributed by atoms with van der Waals surface area (Å²) in [5.41, 5.74) is 1.94. The number of aromatic nitrogens is 4. The highest BCUT2D eigenvalue weighted by atomic mass is 19.1. The molecule has 0 saturated carbocycles. The summed E-state index contributed by atoms with van der Waals surface area (Å²) in [7, 11) is 3.25. The number of tetrazole rings is 1. The molecule has 0 radical (unpaired) electrons. The number of hydrogen-bond donors (Lipinski definition) is 0. The molecule has 0 aliphatic carbocycles. The first-order chi connectivity index (χ1) is 16.1. The standard InChI is InChI=1S/C24H29FN6O2/c1-4-11-29-12-14-30(15-13-29)23(19-7-10-21(32-2)22(16-19)33-3)24-26-27-28-31(24)17-18-5-8-20(25)9-6-18/h4-10,16,23H,1,11-15,17H2,2-3H3. The minimum atomic E-state index is -0.267. The van der Waals surface area contributed by atoms with Crippen molar-refractivity contribution in [2.24, 2.45) is 0 Å². The minimum absolute atomic E-state index is 0.175. The molecule has 2 heterocycles. The first kappa shape index (κ1) is 22.9. The molecule has 1 aliphatic heterocycles. The van der Waals surface area contributed by atoms with E-state index in [9.17, 15) is 4.39 Å². The van der Waals surface area contributed by atoms with Crippen molar-refractivity contribution in [3.05, 3.63) is 77.9 Å². The monoisotopic (exact) mass is 452 g/mol. The lowest BCUT2D eigenvalue weighted by Crippen LogP contribution is -2.48. The Morgan fingerprint density at radius 2 is 1.76 bits per heavy atom. The van der Waals surface area contributed by atoms with Crippen LogP contribution in [0.1, 0.15) is 23.0 Å². The van der Waals surface area contributed by atoms with Crippen LogP contribution in [0.25, 0.3) is 0 Å². The Morgan fingerprint density at radius 3 is 2.42 bits per heavy atom. The van der Waals surface area contributed by atoms with Crippen molar-refractivity contribution in [1.29, 1.82) is 0 Å². The summed E-state index contributed by atoms with van der Waals surface area (Å²) in [6.07, 6.45) is 1.94. The molecule has 1 atom stereocenters. The van der Waals surface area contributed by atoms with Crippen molar-refractivity contribution in [2.45, 2.75) is 12.6 Å². The molecule has 8 nitrogen and oxygen atoms in total. The number of benzene rings is 2. The molecule has 4 rings (SSSR count). The molecule has 1 aliphatic rings. The third-order valence-electron chi connectivity index (χ3n) is 5.93. The van der Waals surface area contributed by atoms with E-state index in [1.807, 2.05) is 24.3 Å². The van der Waals surface area contributed by atoms with Gasteiger partial charge in [0.15, 0.2) is 17.3 Å². The number of piperazine rings is 1. The Kier molecular flexibility index (Phi) is 7.31. The van der Waals surface area contributed by atoms with Crippen LogP contribution in [0.4, 0.5) is 4.39 Å². The zero-order valence-corrected chi connectivity index (χ0v) is 19.0. The lowest BCUT2D eigenvalue weighted by Gasteiger charge is -2.38. The fourth-order valence-electron chi connectivity index (χ4n) is 4.22. The van der Waals surface area contributed by atoms with Gasteiger partial charge in [-0.3, -0.25) is 9.80 Å². The summed E-state index contributed by atoms with van der Waals surface area (Å²) < 4.78 is 26.1. The van der Waals surface area contributed by atoms with Crippen molar-refractivity contribution in [2.75, 3.05) is 46.9 Å². The van der Waals surface area contributed by atoms with E-state index in [-0.39, 0.29) is 11.9 Å². The highest BCUT2D eigenvalue weighted by Crippen LogP contribution is 2.35. The first-order valence-electron chi connectivity index (χ1n) is 10.9. The second-order valence-corrected chi connectivity index (χ2v) is 7.96. The quantitative estimate of drug-likeness (QED) is 0.463. The maximum Gasteiger partial charge on any atom is 0.173 e. The van der Waals surface area contributed by atoms with Crippen LogP contribution in [-0.2, 0) is 6.54 Å². The highest BCUT2D eigenvalue weighted by Gasteiger charge is 2.31. The summed E-state index contributed by atoms with van der Waals surface area (Å²) in [5.74, 6) is 1.78. The number of hydrogen-bond acceptors (Lipinski definition) is 7. The molecule has 33 heavy (non-hydrogen) atoms. The zero-order valence-electron chi connectivity index (χ0n) is 19.0. The van der Waals surface area contributed by atoms with Gasteiger partial charge in [0.2, 0.25) is 0 Å². The Morgan fingerprint density at radius 1 is 1.03 bits per heavy atom. The van der Waals surface area contributed by atoms with Gasteiger partial charge in [-0.1, -0.05) is 24.3 Å². The van der Waals surface area contributed by atoms with Crippen LogP contribution >= 0.6 is 0 Å². The van der Waals surface area contributed by atoms with Gasteiger partial charge in [-0.15, -0.1) is 11.7 Å². The number of nitrogens with zero attached hydrogens (tertiary/aromatic N) is 6. The van der Waals surface area contributed by atoms with E-state index in [2.05, 4.69) is 31.9 Å². The Hall–Kier alpha value is -3.30. The van der Waals surface area contributed by atoms with Gasteiger partial charge in [-0.25, -0.2) is 9.07 Å². The van der Waals surface area contributed by atoms with Crippen molar-refractivity contribution in [1.82, 2.24) is 30.0 Å². The Labute approximate surface area is 193 Å². The second kappa shape index (κ2) is 10.5. The van der Waals surface area contributed by atoms with Gasteiger partial charge in [-0.2, -0.15) is 0 Å². The van der Waals surface area contributed by atoms with Gasteiger partial charge in [0.1, 0.15) is 5.82 Å². The van der Waals surface area contributed by atoms with Gasteiger partial charge in [-0.05, 0) is 45.8 Å². The third-order valence-corrected chi connectivity index (χ3v) is 5.93. The first-order valence-corrected chi connectivity index (χ1v) is 10.9. The average Bonchev–Trinajstić information content (AvgIpc) is 3.29. The fraction of sp³-hybridized carbons (Fsp3) is 0.375. The molecule has 1 aromatic heterocycles. The predicted octanol–water partition coefficient (Wildman–Crippen LogP) is 2.77. The van der Waals surface area contributed by atoms with E-state index in [4.69, 9.17) is 9.47 Å². The number of halogens is 1. The van der Waals surface area contributed by atoms with Gasteiger partial charge >= 0.3 is 0 Å². The normalized spacial score (nSPS) is 15.8. The second-order valence-electron chi connectivity index (χ2n) is 7.96. The van der Waals surface area contributed by atoms with Crippen molar-refractivity contribution >= 4 is 0 Å². The van der Waals surface area contributed by atoms with Crippen LogP contribution in [0.15, 0.2) is 55.1 Å². The van der Waals surface area contributed by atoms with E-state index >= 15 is 0 Å². The molecular formula is C24H29FN6O2. The van der Waals surface area contributed by atoms with Crippen LogP contribution < -0.4 is 9.47 Å². The van der Waals surface area contributed by atoms with Crippen molar-refractivity contribution in [3.63, 3.8) is 0 Å². The third kappa shape index (κ3) is 5.20. The smallest absolute Gasteiger partial charge is 0.173 e. The van der Waals surface area contributed by atoms with Gasteiger partial charge in [0, 0.05) is 32.7 Å².